The highest BCUT2D eigenvalue weighted by Crippen LogP contribution is 2.19. The topological polar surface area (TPSA) is 64.7 Å². The second kappa shape index (κ2) is 5.78. The summed E-state index contributed by atoms with van der Waals surface area (Å²) in [5.74, 6) is -0.159. The molecule has 1 unspecified atom stereocenters. The molecule has 2 aromatic heterocycles. The summed E-state index contributed by atoms with van der Waals surface area (Å²) in [6, 6.07) is -0.107. The van der Waals surface area contributed by atoms with Crippen LogP contribution in [-0.2, 0) is 13.6 Å². The zero-order valence-electron chi connectivity index (χ0n) is 12.0. The largest absolute Gasteiger partial charge is 0.344 e. The molecular formula is C13H18BrN5O. The Morgan fingerprint density at radius 2 is 2.25 bits per heavy atom. The van der Waals surface area contributed by atoms with Crippen molar-refractivity contribution in [1.29, 1.82) is 0 Å². The average Bonchev–Trinajstić information content (AvgIpc) is 2.92. The first-order valence-electron chi connectivity index (χ1n) is 6.46. The predicted octanol–water partition coefficient (Wildman–Crippen LogP) is 2.20. The van der Waals surface area contributed by atoms with Gasteiger partial charge in [0.1, 0.15) is 5.69 Å². The van der Waals surface area contributed by atoms with Gasteiger partial charge >= 0.3 is 0 Å². The van der Waals surface area contributed by atoms with E-state index in [1.54, 1.807) is 17.9 Å². The summed E-state index contributed by atoms with van der Waals surface area (Å²) in [6.07, 6.45) is 3.58. The van der Waals surface area contributed by atoms with E-state index in [4.69, 9.17) is 0 Å². The maximum atomic E-state index is 12.3. The van der Waals surface area contributed by atoms with Crippen molar-refractivity contribution in [2.45, 2.75) is 33.4 Å². The van der Waals surface area contributed by atoms with E-state index in [0.29, 0.717) is 10.2 Å². The molecule has 0 aliphatic carbocycles. The minimum Gasteiger partial charge on any atom is -0.344 e. The molecule has 2 rings (SSSR count). The minimum absolute atomic E-state index is 0.107. The number of hydrogen-bond acceptors (Lipinski definition) is 3. The molecule has 0 saturated carbocycles. The number of rotatable bonds is 4. The Morgan fingerprint density at radius 3 is 2.75 bits per heavy atom. The van der Waals surface area contributed by atoms with Crippen LogP contribution in [-0.4, -0.2) is 25.5 Å². The molecule has 20 heavy (non-hydrogen) atoms. The smallest absolute Gasteiger partial charge is 0.271 e. The van der Waals surface area contributed by atoms with Gasteiger partial charge in [0.15, 0.2) is 0 Å². The zero-order valence-corrected chi connectivity index (χ0v) is 13.6. The Bertz CT molecular complexity index is 611. The summed E-state index contributed by atoms with van der Waals surface area (Å²) in [5.41, 5.74) is 2.47. The first-order valence-corrected chi connectivity index (χ1v) is 7.25. The summed E-state index contributed by atoms with van der Waals surface area (Å²) in [7, 11) is 1.74. The van der Waals surface area contributed by atoms with Gasteiger partial charge in [0, 0.05) is 25.4 Å². The van der Waals surface area contributed by atoms with E-state index in [2.05, 4.69) is 31.4 Å². The summed E-state index contributed by atoms with van der Waals surface area (Å²) < 4.78 is 4.10. The molecule has 0 aliphatic rings. The van der Waals surface area contributed by atoms with Crippen molar-refractivity contribution in [3.8, 4) is 0 Å². The van der Waals surface area contributed by atoms with Gasteiger partial charge in [0.2, 0.25) is 0 Å². The molecule has 1 atom stereocenters. The third-order valence-electron chi connectivity index (χ3n) is 3.23. The Morgan fingerprint density at radius 1 is 1.55 bits per heavy atom. The highest BCUT2D eigenvalue weighted by molar-refractivity contribution is 9.10. The summed E-state index contributed by atoms with van der Waals surface area (Å²) in [4.78, 5) is 12.3. The van der Waals surface area contributed by atoms with Gasteiger partial charge in [-0.05, 0) is 36.7 Å². The number of nitrogens with zero attached hydrogens (tertiary/aromatic N) is 4. The molecule has 0 radical (unpaired) electrons. The second-order valence-electron chi connectivity index (χ2n) is 4.69. The second-order valence-corrected chi connectivity index (χ2v) is 5.54. The number of aromatic nitrogens is 4. The molecule has 1 amide bonds. The van der Waals surface area contributed by atoms with E-state index >= 15 is 0 Å². The van der Waals surface area contributed by atoms with Crippen molar-refractivity contribution in [2.24, 2.45) is 7.05 Å². The van der Waals surface area contributed by atoms with Crippen molar-refractivity contribution >= 4 is 21.8 Å². The number of hydrogen-bond donors (Lipinski definition) is 1. The number of amides is 1. The van der Waals surface area contributed by atoms with Crippen LogP contribution in [0, 0.1) is 6.92 Å². The van der Waals surface area contributed by atoms with Crippen LogP contribution >= 0.6 is 15.9 Å². The lowest BCUT2D eigenvalue weighted by Crippen LogP contribution is -2.29. The third kappa shape index (κ3) is 2.77. The van der Waals surface area contributed by atoms with Gasteiger partial charge in [0.25, 0.3) is 5.91 Å². The van der Waals surface area contributed by atoms with Crippen LogP contribution in [0.5, 0.6) is 0 Å². The van der Waals surface area contributed by atoms with E-state index in [1.807, 2.05) is 31.6 Å². The Labute approximate surface area is 126 Å². The van der Waals surface area contributed by atoms with E-state index in [9.17, 15) is 4.79 Å². The third-order valence-corrected chi connectivity index (χ3v) is 3.81. The fourth-order valence-corrected chi connectivity index (χ4v) is 2.66. The SMILES string of the molecule is CCn1cc(C(C)NC(=O)c2c(Br)cnn2C)c(C)n1. The molecule has 0 aromatic carbocycles. The normalized spacial score (nSPS) is 12.4. The van der Waals surface area contributed by atoms with Gasteiger partial charge < -0.3 is 5.32 Å². The van der Waals surface area contributed by atoms with Crippen LogP contribution in [0.1, 0.15) is 41.6 Å². The van der Waals surface area contributed by atoms with Gasteiger partial charge in [-0.1, -0.05) is 0 Å². The van der Waals surface area contributed by atoms with Gasteiger partial charge in [-0.25, -0.2) is 0 Å². The van der Waals surface area contributed by atoms with Crippen LogP contribution < -0.4 is 5.32 Å². The molecule has 0 bridgehead atoms. The number of halogens is 1. The molecule has 108 valence electrons. The van der Waals surface area contributed by atoms with Gasteiger partial charge in [-0.3, -0.25) is 14.2 Å². The Hall–Kier alpha value is -1.63. The summed E-state index contributed by atoms with van der Waals surface area (Å²) >= 11 is 3.33. The molecular weight excluding hydrogens is 322 g/mol. The summed E-state index contributed by atoms with van der Waals surface area (Å²) in [6.45, 7) is 6.75. The quantitative estimate of drug-likeness (QED) is 0.928. The fraction of sp³-hybridized carbons (Fsp3) is 0.462. The number of nitrogens with one attached hydrogen (secondary N) is 1. The van der Waals surface area contributed by atoms with Gasteiger partial charge in [0.05, 0.1) is 22.4 Å². The maximum absolute atomic E-state index is 12.3. The lowest BCUT2D eigenvalue weighted by molar-refractivity contribution is 0.0929. The van der Waals surface area contributed by atoms with Crippen molar-refractivity contribution in [1.82, 2.24) is 24.9 Å². The van der Waals surface area contributed by atoms with Crippen molar-refractivity contribution in [3.05, 3.63) is 33.8 Å². The van der Waals surface area contributed by atoms with Crippen molar-refractivity contribution < 1.29 is 4.79 Å². The highest BCUT2D eigenvalue weighted by atomic mass is 79.9. The van der Waals surface area contributed by atoms with Gasteiger partial charge in [-0.15, -0.1) is 0 Å². The Balaban J connectivity index is 2.17. The lowest BCUT2D eigenvalue weighted by Gasteiger charge is -2.13. The summed E-state index contributed by atoms with van der Waals surface area (Å²) in [5, 5.41) is 11.4. The van der Waals surface area contributed by atoms with Gasteiger partial charge in [-0.2, -0.15) is 10.2 Å². The zero-order chi connectivity index (χ0) is 14.9. The molecule has 6 nitrogen and oxygen atoms in total. The maximum Gasteiger partial charge on any atom is 0.271 e. The lowest BCUT2D eigenvalue weighted by atomic mass is 10.1. The highest BCUT2D eigenvalue weighted by Gasteiger charge is 2.19. The van der Waals surface area contributed by atoms with Crippen LogP contribution in [0.2, 0.25) is 0 Å². The predicted molar refractivity (Wildman–Crippen MR) is 79.4 cm³/mol. The van der Waals surface area contributed by atoms with Crippen LogP contribution in [0.3, 0.4) is 0 Å². The molecule has 0 spiro atoms. The molecule has 0 aliphatic heterocycles. The van der Waals surface area contributed by atoms with Crippen LogP contribution in [0.15, 0.2) is 16.9 Å². The van der Waals surface area contributed by atoms with Crippen LogP contribution in [0.25, 0.3) is 0 Å². The standard InChI is InChI=1S/C13H18BrN5O/c1-5-19-7-10(9(3)17-19)8(2)16-13(20)12-11(14)6-15-18(12)4/h6-8H,5H2,1-4H3,(H,16,20). The number of carbonyl (C=O) groups excluding carboxylic acids is 1. The molecule has 2 heterocycles. The fourth-order valence-electron chi connectivity index (χ4n) is 2.13. The molecule has 0 saturated heterocycles. The Kier molecular flexibility index (Phi) is 4.27. The average molecular weight is 340 g/mol. The number of carbonyl (C=O) groups is 1. The number of aryl methyl sites for hydroxylation is 3. The van der Waals surface area contributed by atoms with Crippen molar-refractivity contribution in [2.75, 3.05) is 0 Å². The van der Waals surface area contributed by atoms with E-state index < -0.39 is 0 Å². The molecule has 2 aromatic rings. The molecule has 1 N–H and O–H groups in total. The first kappa shape index (κ1) is 14.8. The monoisotopic (exact) mass is 339 g/mol. The van der Waals surface area contributed by atoms with Crippen LogP contribution in [0.4, 0.5) is 0 Å². The van der Waals surface area contributed by atoms with E-state index in [0.717, 1.165) is 17.8 Å². The first-order chi connectivity index (χ1) is 9.43. The van der Waals surface area contributed by atoms with Crippen molar-refractivity contribution in [3.63, 3.8) is 0 Å². The molecule has 0 fully saturated rings. The minimum atomic E-state index is -0.159. The van der Waals surface area contributed by atoms with E-state index in [1.165, 1.54) is 0 Å². The molecule has 7 heteroatoms. The van der Waals surface area contributed by atoms with E-state index in [-0.39, 0.29) is 11.9 Å².